The lowest BCUT2D eigenvalue weighted by Gasteiger charge is -2.07. The molecule has 0 aliphatic carbocycles. The second kappa shape index (κ2) is 5.96. The number of aryl methyl sites for hydroxylation is 1. The first-order valence-electron chi connectivity index (χ1n) is 5.70. The van der Waals surface area contributed by atoms with Gasteiger partial charge in [0.2, 0.25) is 0 Å². The van der Waals surface area contributed by atoms with E-state index in [-0.39, 0.29) is 12.2 Å². The summed E-state index contributed by atoms with van der Waals surface area (Å²) in [6.45, 7) is 1.89. The molecule has 2 aromatic rings. The number of ketones is 1. The molecule has 0 aliphatic rings. The van der Waals surface area contributed by atoms with Gasteiger partial charge in [0.15, 0.2) is 5.78 Å². The number of hydrogen-bond acceptors (Lipinski definition) is 1. The molecule has 0 amide bonds. The van der Waals surface area contributed by atoms with Gasteiger partial charge < -0.3 is 0 Å². The normalized spacial score (nSPS) is 10.5. The second-order valence-electron chi connectivity index (χ2n) is 4.32. The zero-order valence-corrected chi connectivity index (χ0v) is 12.5. The third kappa shape index (κ3) is 3.50. The smallest absolute Gasteiger partial charge is 0.167 e. The fourth-order valence-corrected chi connectivity index (χ4v) is 2.68. The van der Waals surface area contributed by atoms with Crippen molar-refractivity contribution in [3.63, 3.8) is 0 Å². The van der Waals surface area contributed by atoms with Crippen LogP contribution in [0.25, 0.3) is 0 Å². The van der Waals surface area contributed by atoms with Crippen molar-refractivity contribution in [3.05, 3.63) is 68.2 Å². The molecule has 0 saturated carbocycles. The van der Waals surface area contributed by atoms with E-state index in [0.717, 1.165) is 5.56 Å². The molecular formula is C15H11Cl3O. The summed E-state index contributed by atoms with van der Waals surface area (Å²) in [5.74, 6) is -0.0550. The van der Waals surface area contributed by atoms with Crippen molar-refractivity contribution < 1.29 is 4.79 Å². The molecule has 0 spiro atoms. The minimum atomic E-state index is -0.0550. The summed E-state index contributed by atoms with van der Waals surface area (Å²) in [6.07, 6.45) is 0.165. The van der Waals surface area contributed by atoms with E-state index in [1.807, 2.05) is 6.92 Å². The van der Waals surface area contributed by atoms with E-state index in [1.54, 1.807) is 36.4 Å². The Morgan fingerprint density at radius 2 is 1.68 bits per heavy atom. The van der Waals surface area contributed by atoms with Crippen molar-refractivity contribution in [1.82, 2.24) is 0 Å². The fourth-order valence-electron chi connectivity index (χ4n) is 1.86. The van der Waals surface area contributed by atoms with Crippen LogP contribution >= 0.6 is 34.8 Å². The Hall–Kier alpha value is -1.02. The van der Waals surface area contributed by atoms with Crippen molar-refractivity contribution in [1.29, 1.82) is 0 Å². The highest BCUT2D eigenvalue weighted by molar-refractivity contribution is 6.36. The number of rotatable bonds is 3. The molecule has 0 saturated heterocycles. The molecule has 0 aliphatic heterocycles. The monoisotopic (exact) mass is 312 g/mol. The maximum absolute atomic E-state index is 12.2. The van der Waals surface area contributed by atoms with Crippen molar-refractivity contribution in [2.24, 2.45) is 0 Å². The molecule has 0 radical (unpaired) electrons. The number of hydrogen-bond donors (Lipinski definition) is 0. The molecule has 0 bridgehead atoms. The minimum Gasteiger partial charge on any atom is -0.294 e. The molecule has 0 N–H and O–H groups in total. The van der Waals surface area contributed by atoms with Gasteiger partial charge in [-0.2, -0.15) is 0 Å². The van der Waals surface area contributed by atoms with Crippen LogP contribution < -0.4 is 0 Å². The average molecular weight is 314 g/mol. The minimum absolute atomic E-state index is 0.0550. The summed E-state index contributed by atoms with van der Waals surface area (Å²) in [5.41, 5.74) is 2.16. The molecule has 0 aromatic heterocycles. The second-order valence-corrected chi connectivity index (χ2v) is 5.57. The average Bonchev–Trinajstić information content (AvgIpc) is 2.32. The Balaban J connectivity index is 2.31. The zero-order chi connectivity index (χ0) is 14.0. The lowest BCUT2D eigenvalue weighted by Crippen LogP contribution is -2.05. The van der Waals surface area contributed by atoms with Crippen molar-refractivity contribution in [2.75, 3.05) is 0 Å². The maximum Gasteiger partial charge on any atom is 0.167 e. The molecule has 4 heteroatoms. The van der Waals surface area contributed by atoms with Gasteiger partial charge in [0, 0.05) is 27.1 Å². The summed E-state index contributed by atoms with van der Waals surface area (Å²) in [4.78, 5) is 12.2. The van der Waals surface area contributed by atoms with Crippen LogP contribution in [0, 0.1) is 6.92 Å². The third-order valence-corrected chi connectivity index (χ3v) is 3.69. The SMILES string of the molecule is Cc1cc(Cl)cc(C(=O)Cc2c(Cl)cccc2Cl)c1. The van der Waals surface area contributed by atoms with Crippen LogP contribution in [0.15, 0.2) is 36.4 Å². The number of carbonyl (C=O) groups is 1. The van der Waals surface area contributed by atoms with Gasteiger partial charge in [0.05, 0.1) is 0 Å². The summed E-state index contributed by atoms with van der Waals surface area (Å²) in [6, 6.07) is 10.5. The predicted molar refractivity (Wildman–Crippen MR) is 80.7 cm³/mol. The molecule has 0 fully saturated rings. The Morgan fingerprint density at radius 3 is 2.26 bits per heavy atom. The van der Waals surface area contributed by atoms with Gasteiger partial charge in [-0.15, -0.1) is 0 Å². The molecule has 1 nitrogen and oxygen atoms in total. The lowest BCUT2D eigenvalue weighted by molar-refractivity contribution is 0.0993. The highest BCUT2D eigenvalue weighted by Crippen LogP contribution is 2.26. The van der Waals surface area contributed by atoms with Gasteiger partial charge in [0.25, 0.3) is 0 Å². The number of Topliss-reactive ketones (excluding diaryl/α,β-unsaturated/α-hetero) is 1. The van der Waals surface area contributed by atoms with Crippen LogP contribution in [-0.4, -0.2) is 5.78 Å². The van der Waals surface area contributed by atoms with Gasteiger partial charge in [-0.1, -0.05) is 40.9 Å². The van der Waals surface area contributed by atoms with Gasteiger partial charge >= 0.3 is 0 Å². The molecule has 0 atom stereocenters. The van der Waals surface area contributed by atoms with E-state index in [2.05, 4.69) is 0 Å². The standard InChI is InChI=1S/C15H11Cl3O/c1-9-5-10(7-11(16)6-9)15(19)8-12-13(17)3-2-4-14(12)18/h2-7H,8H2,1H3. The largest absolute Gasteiger partial charge is 0.294 e. The van der Waals surface area contributed by atoms with E-state index >= 15 is 0 Å². The summed E-state index contributed by atoms with van der Waals surface area (Å²) in [5, 5.41) is 1.55. The molecule has 0 heterocycles. The zero-order valence-electron chi connectivity index (χ0n) is 10.2. The quantitative estimate of drug-likeness (QED) is 0.695. The van der Waals surface area contributed by atoms with Crippen LogP contribution in [0.1, 0.15) is 21.5 Å². The van der Waals surface area contributed by atoms with Gasteiger partial charge in [-0.3, -0.25) is 4.79 Å². The summed E-state index contributed by atoms with van der Waals surface area (Å²) >= 11 is 18.1. The predicted octanol–water partition coefficient (Wildman–Crippen LogP) is 5.38. The Kier molecular flexibility index (Phi) is 4.51. The first-order valence-corrected chi connectivity index (χ1v) is 6.84. The highest BCUT2D eigenvalue weighted by Gasteiger charge is 2.13. The Morgan fingerprint density at radius 1 is 1.05 bits per heavy atom. The Labute approximate surface area is 127 Å². The number of carbonyl (C=O) groups excluding carboxylic acids is 1. The van der Waals surface area contributed by atoms with Crippen molar-refractivity contribution in [3.8, 4) is 0 Å². The Bertz CT molecular complexity index is 595. The first-order chi connectivity index (χ1) is 8.97. The third-order valence-electron chi connectivity index (χ3n) is 2.76. The molecular weight excluding hydrogens is 303 g/mol. The van der Waals surface area contributed by atoms with Gasteiger partial charge in [0.1, 0.15) is 0 Å². The lowest BCUT2D eigenvalue weighted by atomic mass is 10.0. The van der Waals surface area contributed by atoms with E-state index in [9.17, 15) is 4.79 Å². The van der Waals surface area contributed by atoms with Gasteiger partial charge in [-0.05, 0) is 48.4 Å². The van der Waals surface area contributed by atoms with Crippen LogP contribution in [0.4, 0.5) is 0 Å². The topological polar surface area (TPSA) is 17.1 Å². The highest BCUT2D eigenvalue weighted by atomic mass is 35.5. The molecule has 98 valence electrons. The molecule has 2 aromatic carbocycles. The van der Waals surface area contributed by atoms with E-state index in [1.165, 1.54) is 0 Å². The van der Waals surface area contributed by atoms with Crippen LogP contribution in [0.2, 0.25) is 15.1 Å². The van der Waals surface area contributed by atoms with Gasteiger partial charge in [-0.25, -0.2) is 0 Å². The number of benzene rings is 2. The maximum atomic E-state index is 12.2. The summed E-state index contributed by atoms with van der Waals surface area (Å²) in [7, 11) is 0. The van der Waals surface area contributed by atoms with Crippen LogP contribution in [0.5, 0.6) is 0 Å². The number of halogens is 3. The van der Waals surface area contributed by atoms with E-state index in [4.69, 9.17) is 34.8 Å². The fraction of sp³-hybridized carbons (Fsp3) is 0.133. The van der Waals surface area contributed by atoms with Crippen molar-refractivity contribution in [2.45, 2.75) is 13.3 Å². The van der Waals surface area contributed by atoms with E-state index in [0.29, 0.717) is 26.2 Å². The molecule has 19 heavy (non-hydrogen) atoms. The van der Waals surface area contributed by atoms with Crippen molar-refractivity contribution >= 4 is 40.6 Å². The molecule has 0 unspecified atom stereocenters. The first kappa shape index (κ1) is 14.4. The summed E-state index contributed by atoms with van der Waals surface area (Å²) < 4.78 is 0. The molecule has 2 rings (SSSR count). The van der Waals surface area contributed by atoms with Crippen LogP contribution in [0.3, 0.4) is 0 Å². The van der Waals surface area contributed by atoms with Crippen LogP contribution in [-0.2, 0) is 6.42 Å². The van der Waals surface area contributed by atoms with E-state index < -0.39 is 0 Å².